The van der Waals surface area contributed by atoms with E-state index in [9.17, 15) is 0 Å². The first-order valence-corrected chi connectivity index (χ1v) is 11.1. The fourth-order valence-electron chi connectivity index (χ4n) is 4.17. The molecule has 2 aromatic rings. The monoisotopic (exact) mass is 365 g/mol. The Morgan fingerprint density at radius 1 is 0.889 bits per heavy atom. The minimum absolute atomic E-state index is 0.535. The average molecular weight is 366 g/mol. The molecule has 1 heterocycles. The molecule has 27 heavy (non-hydrogen) atoms. The number of rotatable bonds is 8. The molecule has 1 aliphatic rings. The maximum absolute atomic E-state index is 2.68. The zero-order valence-corrected chi connectivity index (χ0v) is 18.0. The summed E-state index contributed by atoms with van der Waals surface area (Å²) in [6.45, 7) is 11.2. The van der Waals surface area contributed by atoms with Crippen molar-refractivity contribution >= 4 is 0 Å². The van der Waals surface area contributed by atoms with Crippen LogP contribution >= 0.6 is 0 Å². The van der Waals surface area contributed by atoms with E-state index >= 15 is 0 Å². The fraction of sp³-hybridized carbons (Fsp3) is 0.538. The maximum atomic E-state index is 2.68. The predicted molar refractivity (Wildman–Crippen MR) is 120 cm³/mol. The quantitative estimate of drug-likeness (QED) is 0.447. The van der Waals surface area contributed by atoms with E-state index in [1.54, 1.807) is 0 Å². The van der Waals surface area contributed by atoms with E-state index in [0.717, 1.165) is 6.04 Å². The van der Waals surface area contributed by atoms with Crippen LogP contribution < -0.4 is 0 Å². The van der Waals surface area contributed by atoms with Crippen LogP contribution in [0.1, 0.15) is 81.9 Å². The number of nitrogens with zero attached hydrogens (tertiary/aromatic N) is 1. The number of benzene rings is 2. The van der Waals surface area contributed by atoms with Gasteiger partial charge >= 0.3 is 0 Å². The predicted octanol–water partition coefficient (Wildman–Crippen LogP) is 7.20. The summed E-state index contributed by atoms with van der Waals surface area (Å²) in [7, 11) is 0. The van der Waals surface area contributed by atoms with Crippen molar-refractivity contribution in [3.05, 3.63) is 71.3 Å². The van der Waals surface area contributed by atoms with E-state index in [2.05, 4.69) is 73.3 Å². The van der Waals surface area contributed by atoms with Gasteiger partial charge in [-0.05, 0) is 63.7 Å². The van der Waals surface area contributed by atoms with Crippen LogP contribution in [0.2, 0.25) is 0 Å². The van der Waals surface area contributed by atoms with E-state index in [0.29, 0.717) is 5.92 Å². The van der Waals surface area contributed by atoms with Gasteiger partial charge in [-0.25, -0.2) is 0 Å². The summed E-state index contributed by atoms with van der Waals surface area (Å²) < 4.78 is 0. The molecular weight excluding hydrogens is 326 g/mol. The molecule has 0 bridgehead atoms. The zero-order chi connectivity index (χ0) is 19.5. The van der Waals surface area contributed by atoms with Crippen LogP contribution in [-0.2, 0) is 0 Å². The molecule has 0 spiro atoms. The Balaban J connectivity index is 0.00000126. The highest BCUT2D eigenvalue weighted by molar-refractivity contribution is 5.33. The highest BCUT2D eigenvalue weighted by Crippen LogP contribution is 2.30. The van der Waals surface area contributed by atoms with Crippen LogP contribution in [-0.4, -0.2) is 24.0 Å². The van der Waals surface area contributed by atoms with Crippen LogP contribution in [0.3, 0.4) is 0 Å². The van der Waals surface area contributed by atoms with Crippen molar-refractivity contribution in [2.45, 2.75) is 78.2 Å². The molecule has 0 amide bonds. The zero-order valence-electron chi connectivity index (χ0n) is 18.0. The number of aryl methyl sites for hydroxylation is 1. The van der Waals surface area contributed by atoms with Gasteiger partial charge in [0.25, 0.3) is 0 Å². The van der Waals surface area contributed by atoms with Gasteiger partial charge in [0, 0.05) is 12.0 Å². The second-order valence-corrected chi connectivity index (χ2v) is 7.75. The van der Waals surface area contributed by atoms with Gasteiger partial charge in [-0.2, -0.15) is 0 Å². The largest absolute Gasteiger partial charge is 0.301 e. The molecule has 0 saturated carbocycles. The van der Waals surface area contributed by atoms with Crippen molar-refractivity contribution in [3.8, 4) is 0 Å². The second kappa shape index (κ2) is 12.0. The molecule has 0 aliphatic carbocycles. The highest BCUT2D eigenvalue weighted by Gasteiger charge is 2.19. The molecule has 2 unspecified atom stereocenters. The van der Waals surface area contributed by atoms with Crippen molar-refractivity contribution in [1.82, 2.24) is 4.90 Å². The normalized spacial score (nSPS) is 18.0. The second-order valence-electron chi connectivity index (χ2n) is 7.75. The first kappa shape index (κ1) is 21.7. The van der Waals surface area contributed by atoms with Gasteiger partial charge in [0.2, 0.25) is 0 Å². The fourth-order valence-corrected chi connectivity index (χ4v) is 4.17. The number of hydrogen-bond acceptors (Lipinski definition) is 1. The SMILES string of the molecule is CC.Cc1ccc(C(CCCCCN2CCCC2C)c2ccccc2)cc1. The molecule has 0 N–H and O–H groups in total. The number of hydrogen-bond donors (Lipinski definition) is 0. The van der Waals surface area contributed by atoms with Gasteiger partial charge in [-0.15, -0.1) is 0 Å². The summed E-state index contributed by atoms with van der Waals surface area (Å²) in [4.78, 5) is 2.68. The Hall–Kier alpha value is -1.60. The molecule has 1 heteroatoms. The smallest absolute Gasteiger partial charge is 0.00893 e. The van der Waals surface area contributed by atoms with Gasteiger partial charge in [-0.1, -0.05) is 86.8 Å². The maximum Gasteiger partial charge on any atom is 0.00893 e. The third-order valence-corrected chi connectivity index (χ3v) is 5.81. The molecule has 1 nitrogen and oxygen atoms in total. The Kier molecular flexibility index (Phi) is 9.62. The molecule has 1 aliphatic heterocycles. The first-order valence-electron chi connectivity index (χ1n) is 11.1. The van der Waals surface area contributed by atoms with Crippen molar-refractivity contribution in [2.24, 2.45) is 0 Å². The third kappa shape index (κ3) is 6.81. The summed E-state index contributed by atoms with van der Waals surface area (Å²) in [5.74, 6) is 0.535. The first-order chi connectivity index (χ1) is 13.2. The molecular formula is C26H39N. The van der Waals surface area contributed by atoms with Crippen LogP contribution in [0.15, 0.2) is 54.6 Å². The van der Waals surface area contributed by atoms with Gasteiger partial charge in [-0.3, -0.25) is 0 Å². The van der Waals surface area contributed by atoms with Crippen molar-refractivity contribution in [3.63, 3.8) is 0 Å². The van der Waals surface area contributed by atoms with Crippen molar-refractivity contribution in [2.75, 3.05) is 13.1 Å². The van der Waals surface area contributed by atoms with E-state index in [1.807, 2.05) is 13.8 Å². The Bertz CT molecular complexity index is 616. The number of unbranched alkanes of at least 4 members (excludes halogenated alkanes) is 2. The lowest BCUT2D eigenvalue weighted by Crippen LogP contribution is -2.27. The molecule has 1 saturated heterocycles. The minimum Gasteiger partial charge on any atom is -0.301 e. The topological polar surface area (TPSA) is 3.24 Å². The van der Waals surface area contributed by atoms with Gasteiger partial charge < -0.3 is 4.90 Å². The summed E-state index contributed by atoms with van der Waals surface area (Å²) in [5, 5.41) is 0. The highest BCUT2D eigenvalue weighted by atomic mass is 15.2. The third-order valence-electron chi connectivity index (χ3n) is 5.81. The van der Waals surface area contributed by atoms with Gasteiger partial charge in [0.05, 0.1) is 0 Å². The Morgan fingerprint density at radius 3 is 2.19 bits per heavy atom. The molecule has 0 radical (unpaired) electrons. The van der Waals surface area contributed by atoms with E-state index < -0.39 is 0 Å². The van der Waals surface area contributed by atoms with Crippen LogP contribution in [0.5, 0.6) is 0 Å². The van der Waals surface area contributed by atoms with Crippen LogP contribution in [0.25, 0.3) is 0 Å². The lowest BCUT2D eigenvalue weighted by atomic mass is 9.86. The van der Waals surface area contributed by atoms with Gasteiger partial charge in [0.15, 0.2) is 0 Å². The summed E-state index contributed by atoms with van der Waals surface area (Å²) >= 11 is 0. The molecule has 2 atom stereocenters. The summed E-state index contributed by atoms with van der Waals surface area (Å²) in [6, 6.07) is 21.0. The number of likely N-dealkylation sites (tertiary alicyclic amines) is 1. The van der Waals surface area contributed by atoms with Gasteiger partial charge in [0.1, 0.15) is 0 Å². The molecule has 3 rings (SSSR count). The Labute approximate surface area is 167 Å². The van der Waals surface area contributed by atoms with Crippen molar-refractivity contribution < 1.29 is 0 Å². The Morgan fingerprint density at radius 2 is 1.56 bits per heavy atom. The average Bonchev–Trinajstić information content (AvgIpc) is 3.13. The van der Waals surface area contributed by atoms with Crippen LogP contribution in [0.4, 0.5) is 0 Å². The van der Waals surface area contributed by atoms with E-state index in [4.69, 9.17) is 0 Å². The minimum atomic E-state index is 0.535. The lowest BCUT2D eigenvalue weighted by Gasteiger charge is -2.21. The summed E-state index contributed by atoms with van der Waals surface area (Å²) in [5.41, 5.74) is 4.26. The molecule has 148 valence electrons. The van der Waals surface area contributed by atoms with E-state index in [1.165, 1.54) is 68.3 Å². The standard InChI is InChI=1S/C24H33N.C2H6/c1-20-14-16-23(17-15-20)24(22-11-5-3-6-12-22)13-7-4-8-18-25-19-9-10-21(25)2;1-2/h3,5-6,11-12,14-17,21,24H,4,7-10,13,18-19H2,1-2H3;1-2H3. The van der Waals surface area contributed by atoms with E-state index in [-0.39, 0.29) is 0 Å². The van der Waals surface area contributed by atoms with Crippen LogP contribution in [0, 0.1) is 6.92 Å². The molecule has 0 aromatic heterocycles. The summed E-state index contributed by atoms with van der Waals surface area (Å²) in [6.07, 6.45) is 8.05. The van der Waals surface area contributed by atoms with Crippen molar-refractivity contribution in [1.29, 1.82) is 0 Å². The lowest BCUT2D eigenvalue weighted by molar-refractivity contribution is 0.262. The molecule has 2 aromatic carbocycles. The molecule has 1 fully saturated rings.